The van der Waals surface area contributed by atoms with E-state index in [-0.39, 0.29) is 0 Å². The minimum Gasteiger partial charge on any atom is -0.357 e. The second kappa shape index (κ2) is 6.04. The molecule has 0 aromatic carbocycles. The molecule has 0 unspecified atom stereocenters. The predicted molar refractivity (Wildman–Crippen MR) is 70.8 cm³/mol. The Morgan fingerprint density at radius 3 is 2.44 bits per heavy atom. The molecule has 0 radical (unpaired) electrons. The Bertz CT molecular complexity index is 240. The summed E-state index contributed by atoms with van der Waals surface area (Å²) in [5.41, 5.74) is 0. The summed E-state index contributed by atoms with van der Waals surface area (Å²) in [6.45, 7) is 15.3. The Labute approximate surface area is 99.8 Å². The molecule has 0 aromatic heterocycles. The Balaban J connectivity index is 2.32. The molecule has 0 N–H and O–H groups in total. The minimum absolute atomic E-state index is 0.642. The van der Waals surface area contributed by atoms with Crippen molar-refractivity contribution in [3.05, 3.63) is 12.4 Å². The van der Waals surface area contributed by atoms with Crippen LogP contribution in [0.2, 0.25) is 0 Å². The van der Waals surface area contributed by atoms with E-state index in [1.165, 1.54) is 19.4 Å². The van der Waals surface area contributed by atoms with Crippen molar-refractivity contribution in [3.63, 3.8) is 0 Å². The summed E-state index contributed by atoms with van der Waals surface area (Å²) in [6.07, 6.45) is 2.48. The lowest BCUT2D eigenvalue weighted by molar-refractivity contribution is 0.163. The first-order valence-electron chi connectivity index (χ1n) is 6.15. The molecule has 92 valence electrons. The van der Waals surface area contributed by atoms with Crippen molar-refractivity contribution >= 4 is 6.72 Å². The molecule has 0 spiro atoms. The highest BCUT2D eigenvalue weighted by atomic mass is 15.2. The van der Waals surface area contributed by atoms with Crippen molar-refractivity contribution in [3.8, 4) is 0 Å². The van der Waals surface area contributed by atoms with E-state index in [0.29, 0.717) is 6.04 Å². The summed E-state index contributed by atoms with van der Waals surface area (Å²) >= 11 is 0. The van der Waals surface area contributed by atoms with Gasteiger partial charge in [-0.15, -0.1) is 0 Å². The standard InChI is InChI=1S/C13H25N3/c1-11(2)15(5)10-13-6-8-16(9-7-13)12(3)14-4/h11,13H,3-4,6-10H2,1-2,5H3. The summed E-state index contributed by atoms with van der Waals surface area (Å²) in [4.78, 5) is 8.56. The van der Waals surface area contributed by atoms with Crippen LogP contribution in [-0.4, -0.2) is 49.2 Å². The largest absolute Gasteiger partial charge is 0.357 e. The number of hydrogen-bond acceptors (Lipinski definition) is 3. The highest BCUT2D eigenvalue weighted by Gasteiger charge is 2.21. The lowest BCUT2D eigenvalue weighted by atomic mass is 9.96. The van der Waals surface area contributed by atoms with E-state index in [9.17, 15) is 0 Å². The number of nitrogens with zero attached hydrogens (tertiary/aromatic N) is 3. The first-order valence-corrected chi connectivity index (χ1v) is 6.15. The van der Waals surface area contributed by atoms with Gasteiger partial charge in [-0.25, -0.2) is 4.99 Å². The van der Waals surface area contributed by atoms with Crippen molar-refractivity contribution in [2.45, 2.75) is 32.7 Å². The zero-order valence-corrected chi connectivity index (χ0v) is 10.9. The third-order valence-electron chi connectivity index (χ3n) is 3.59. The quantitative estimate of drug-likeness (QED) is 0.665. The van der Waals surface area contributed by atoms with Gasteiger partial charge in [0.25, 0.3) is 0 Å². The van der Waals surface area contributed by atoms with Crippen molar-refractivity contribution in [2.75, 3.05) is 26.7 Å². The molecule has 0 aromatic rings. The zero-order valence-electron chi connectivity index (χ0n) is 10.9. The highest BCUT2D eigenvalue weighted by molar-refractivity contribution is 5.27. The number of likely N-dealkylation sites (tertiary alicyclic amines) is 1. The Morgan fingerprint density at radius 2 is 2.00 bits per heavy atom. The molecule has 16 heavy (non-hydrogen) atoms. The lowest BCUT2D eigenvalue weighted by Crippen LogP contribution is -2.38. The molecule has 0 atom stereocenters. The fraction of sp³-hybridized carbons (Fsp3) is 0.769. The summed E-state index contributed by atoms with van der Waals surface area (Å²) in [6, 6.07) is 0.642. The molecular formula is C13H25N3. The van der Waals surface area contributed by atoms with Crippen molar-refractivity contribution in [1.29, 1.82) is 0 Å². The molecule has 1 aliphatic heterocycles. The minimum atomic E-state index is 0.642. The average Bonchev–Trinajstić information content (AvgIpc) is 2.28. The first-order chi connectivity index (χ1) is 7.54. The summed E-state index contributed by atoms with van der Waals surface area (Å²) in [5.74, 6) is 1.65. The normalized spacial score (nSPS) is 18.2. The van der Waals surface area contributed by atoms with Gasteiger partial charge in [0.1, 0.15) is 5.82 Å². The van der Waals surface area contributed by atoms with Crippen LogP contribution in [0.5, 0.6) is 0 Å². The van der Waals surface area contributed by atoms with Gasteiger partial charge in [-0.05, 0) is 46.4 Å². The van der Waals surface area contributed by atoms with Crippen LogP contribution in [0.1, 0.15) is 26.7 Å². The monoisotopic (exact) mass is 223 g/mol. The molecule has 0 amide bonds. The maximum absolute atomic E-state index is 3.90. The van der Waals surface area contributed by atoms with E-state index in [4.69, 9.17) is 0 Å². The van der Waals surface area contributed by atoms with E-state index in [1.807, 2.05) is 0 Å². The van der Waals surface area contributed by atoms with Crippen LogP contribution in [0.25, 0.3) is 0 Å². The first kappa shape index (κ1) is 13.2. The third-order valence-corrected chi connectivity index (χ3v) is 3.59. The van der Waals surface area contributed by atoms with Gasteiger partial charge in [0.15, 0.2) is 0 Å². The molecule has 1 heterocycles. The van der Waals surface area contributed by atoms with E-state index < -0.39 is 0 Å². The van der Waals surface area contributed by atoms with Gasteiger partial charge < -0.3 is 9.80 Å². The highest BCUT2D eigenvalue weighted by Crippen LogP contribution is 2.21. The van der Waals surface area contributed by atoms with E-state index in [0.717, 1.165) is 24.8 Å². The summed E-state index contributed by atoms with van der Waals surface area (Å²) in [7, 11) is 2.21. The zero-order chi connectivity index (χ0) is 12.1. The number of rotatable bonds is 5. The molecular weight excluding hydrogens is 198 g/mol. The van der Waals surface area contributed by atoms with Crippen LogP contribution < -0.4 is 0 Å². The van der Waals surface area contributed by atoms with Crippen LogP contribution in [0.3, 0.4) is 0 Å². The molecule has 0 bridgehead atoms. The average molecular weight is 223 g/mol. The topological polar surface area (TPSA) is 18.8 Å². The van der Waals surface area contributed by atoms with Gasteiger partial charge >= 0.3 is 0 Å². The van der Waals surface area contributed by atoms with Gasteiger partial charge in [0.2, 0.25) is 0 Å². The number of piperidine rings is 1. The molecule has 3 nitrogen and oxygen atoms in total. The maximum Gasteiger partial charge on any atom is 0.120 e. The van der Waals surface area contributed by atoms with Crippen molar-refractivity contribution < 1.29 is 0 Å². The van der Waals surface area contributed by atoms with Crippen molar-refractivity contribution in [2.24, 2.45) is 10.9 Å². The van der Waals surface area contributed by atoms with E-state index in [1.54, 1.807) is 0 Å². The van der Waals surface area contributed by atoms with Gasteiger partial charge in [-0.2, -0.15) is 0 Å². The molecule has 1 fully saturated rings. The fourth-order valence-electron chi connectivity index (χ4n) is 2.09. The molecule has 0 aliphatic carbocycles. The predicted octanol–water partition coefficient (Wildman–Crippen LogP) is 2.21. The summed E-state index contributed by atoms with van der Waals surface area (Å²) in [5, 5.41) is 0. The number of aliphatic imine (C=N–C) groups is 1. The SMILES string of the molecule is C=NC(=C)N1CCC(CN(C)C(C)C)CC1. The Kier molecular flexibility index (Phi) is 5.00. The molecule has 1 saturated heterocycles. The third kappa shape index (κ3) is 3.63. The maximum atomic E-state index is 3.90. The van der Waals surface area contributed by atoms with Crippen LogP contribution in [0.15, 0.2) is 17.4 Å². The Morgan fingerprint density at radius 1 is 1.44 bits per heavy atom. The second-order valence-corrected chi connectivity index (χ2v) is 5.04. The summed E-state index contributed by atoms with van der Waals surface area (Å²) < 4.78 is 0. The van der Waals surface area contributed by atoms with Gasteiger partial charge in [-0.3, -0.25) is 0 Å². The van der Waals surface area contributed by atoms with Crippen molar-refractivity contribution in [1.82, 2.24) is 9.80 Å². The molecule has 3 heteroatoms. The smallest absolute Gasteiger partial charge is 0.120 e. The van der Waals surface area contributed by atoms with Gasteiger partial charge in [0, 0.05) is 25.7 Å². The van der Waals surface area contributed by atoms with Gasteiger partial charge in [0.05, 0.1) is 0 Å². The number of hydrogen-bond donors (Lipinski definition) is 0. The molecule has 1 aliphatic rings. The van der Waals surface area contributed by atoms with Crippen LogP contribution >= 0.6 is 0 Å². The van der Waals surface area contributed by atoms with E-state index in [2.05, 4.69) is 49.0 Å². The second-order valence-electron chi connectivity index (χ2n) is 5.04. The molecule has 1 rings (SSSR count). The van der Waals surface area contributed by atoms with Gasteiger partial charge in [-0.1, -0.05) is 6.58 Å². The van der Waals surface area contributed by atoms with Crippen LogP contribution in [-0.2, 0) is 0 Å². The molecule has 0 saturated carbocycles. The Hall–Kier alpha value is -0.830. The lowest BCUT2D eigenvalue weighted by Gasteiger charge is -2.35. The van der Waals surface area contributed by atoms with Crippen LogP contribution in [0.4, 0.5) is 0 Å². The van der Waals surface area contributed by atoms with E-state index >= 15 is 0 Å². The fourth-order valence-corrected chi connectivity index (χ4v) is 2.09. The van der Waals surface area contributed by atoms with Crippen LogP contribution in [0, 0.1) is 5.92 Å².